The van der Waals surface area contributed by atoms with E-state index in [0.717, 1.165) is 11.3 Å². The highest BCUT2D eigenvalue weighted by Gasteiger charge is 2.28. The van der Waals surface area contributed by atoms with Gasteiger partial charge in [-0.05, 0) is 35.4 Å². The number of rotatable bonds is 6. The predicted molar refractivity (Wildman–Crippen MR) is 102 cm³/mol. The van der Waals surface area contributed by atoms with Gasteiger partial charge in [-0.2, -0.15) is 0 Å². The van der Waals surface area contributed by atoms with Gasteiger partial charge in [-0.25, -0.2) is 9.59 Å². The number of ether oxygens (including phenoxy) is 2. The van der Waals surface area contributed by atoms with Crippen LogP contribution in [0.4, 0.5) is 0 Å². The van der Waals surface area contributed by atoms with Crippen LogP contribution < -0.4 is 9.47 Å². The van der Waals surface area contributed by atoms with Crippen molar-refractivity contribution in [3.05, 3.63) is 58.3 Å². The van der Waals surface area contributed by atoms with Gasteiger partial charge in [0.1, 0.15) is 21.3 Å². The van der Waals surface area contributed by atoms with Crippen LogP contribution in [0.15, 0.2) is 48.5 Å². The molecule has 138 valence electrons. The summed E-state index contributed by atoms with van der Waals surface area (Å²) < 4.78 is 10.5. The van der Waals surface area contributed by atoms with Gasteiger partial charge in [0.05, 0.1) is 14.2 Å². The van der Waals surface area contributed by atoms with E-state index in [2.05, 4.69) is 0 Å². The molecule has 6 nitrogen and oxygen atoms in total. The molecule has 0 radical (unpaired) electrons. The maximum atomic E-state index is 11.9. The van der Waals surface area contributed by atoms with E-state index in [1.54, 1.807) is 48.5 Å². The van der Waals surface area contributed by atoms with Gasteiger partial charge in [0, 0.05) is 11.1 Å². The fraction of sp³-hybridized carbons (Fsp3) is 0.100. The summed E-state index contributed by atoms with van der Waals surface area (Å²) in [5, 5.41) is 19.4. The fourth-order valence-electron chi connectivity index (χ4n) is 2.84. The third-order valence-corrected chi connectivity index (χ3v) is 5.18. The Labute approximate surface area is 159 Å². The van der Waals surface area contributed by atoms with Crippen molar-refractivity contribution in [1.82, 2.24) is 0 Å². The third kappa shape index (κ3) is 3.50. The van der Waals surface area contributed by atoms with E-state index in [1.807, 2.05) is 0 Å². The Hall–Kier alpha value is -3.32. The first-order valence-electron chi connectivity index (χ1n) is 7.88. The van der Waals surface area contributed by atoms with Gasteiger partial charge in [-0.1, -0.05) is 24.3 Å². The second-order valence-corrected chi connectivity index (χ2v) is 6.61. The Kier molecular flexibility index (Phi) is 5.14. The molecule has 1 aromatic heterocycles. The molecule has 2 N–H and O–H groups in total. The summed E-state index contributed by atoms with van der Waals surface area (Å²) in [5.41, 5.74) is 1.82. The van der Waals surface area contributed by atoms with Crippen molar-refractivity contribution in [3.8, 4) is 33.8 Å². The van der Waals surface area contributed by atoms with Crippen LogP contribution in [0, 0.1) is 0 Å². The van der Waals surface area contributed by atoms with E-state index in [0.29, 0.717) is 33.8 Å². The topological polar surface area (TPSA) is 93.1 Å². The van der Waals surface area contributed by atoms with Gasteiger partial charge in [-0.15, -0.1) is 11.3 Å². The highest BCUT2D eigenvalue weighted by atomic mass is 32.1. The summed E-state index contributed by atoms with van der Waals surface area (Å²) in [6.07, 6.45) is 0. The van der Waals surface area contributed by atoms with Crippen LogP contribution in [0.1, 0.15) is 19.3 Å². The minimum atomic E-state index is -1.19. The molecule has 0 saturated carbocycles. The minimum Gasteiger partial charge on any atom is -0.497 e. The summed E-state index contributed by atoms with van der Waals surface area (Å²) in [4.78, 5) is 23.6. The predicted octanol–water partition coefficient (Wildman–Crippen LogP) is 4.50. The largest absolute Gasteiger partial charge is 0.497 e. The van der Waals surface area contributed by atoms with Crippen molar-refractivity contribution in [2.45, 2.75) is 0 Å². The highest BCUT2D eigenvalue weighted by Crippen LogP contribution is 2.44. The molecular weight excluding hydrogens is 368 g/mol. The summed E-state index contributed by atoms with van der Waals surface area (Å²) >= 11 is 0.738. The number of carbonyl (C=O) groups is 2. The molecule has 0 saturated heterocycles. The number of carboxylic acids is 2. The van der Waals surface area contributed by atoms with Crippen LogP contribution in [0.3, 0.4) is 0 Å². The summed E-state index contributed by atoms with van der Waals surface area (Å²) in [5.74, 6) is -1.28. The Balaban J connectivity index is 2.38. The average molecular weight is 384 g/mol. The molecule has 0 bridgehead atoms. The summed E-state index contributed by atoms with van der Waals surface area (Å²) in [6, 6.07) is 13.8. The Morgan fingerprint density at radius 1 is 0.778 bits per heavy atom. The van der Waals surface area contributed by atoms with Crippen LogP contribution in [0.25, 0.3) is 22.3 Å². The van der Waals surface area contributed by atoms with E-state index < -0.39 is 11.9 Å². The monoisotopic (exact) mass is 384 g/mol. The number of benzene rings is 2. The van der Waals surface area contributed by atoms with Crippen molar-refractivity contribution in [2.24, 2.45) is 0 Å². The van der Waals surface area contributed by atoms with Crippen molar-refractivity contribution < 1.29 is 29.3 Å². The number of carboxylic acid groups (broad SMARTS) is 2. The second-order valence-electron chi connectivity index (χ2n) is 5.58. The lowest BCUT2D eigenvalue weighted by Crippen LogP contribution is -1.97. The zero-order chi connectivity index (χ0) is 19.6. The van der Waals surface area contributed by atoms with Gasteiger partial charge in [0.15, 0.2) is 0 Å². The van der Waals surface area contributed by atoms with Crippen molar-refractivity contribution >= 4 is 23.3 Å². The quantitative estimate of drug-likeness (QED) is 0.650. The molecule has 27 heavy (non-hydrogen) atoms. The van der Waals surface area contributed by atoms with Crippen LogP contribution >= 0.6 is 11.3 Å². The number of aromatic carboxylic acids is 2. The zero-order valence-electron chi connectivity index (χ0n) is 14.6. The molecule has 0 aliphatic carbocycles. The van der Waals surface area contributed by atoms with Crippen molar-refractivity contribution in [1.29, 1.82) is 0 Å². The average Bonchev–Trinajstić information content (AvgIpc) is 3.09. The Morgan fingerprint density at radius 3 is 1.52 bits per heavy atom. The maximum Gasteiger partial charge on any atom is 0.346 e. The molecule has 3 rings (SSSR count). The second kappa shape index (κ2) is 7.51. The molecule has 0 aliphatic rings. The van der Waals surface area contributed by atoms with Crippen LogP contribution in [0.5, 0.6) is 11.5 Å². The first-order valence-corrected chi connectivity index (χ1v) is 8.70. The number of methoxy groups -OCH3 is 2. The van der Waals surface area contributed by atoms with Gasteiger partial charge in [0.25, 0.3) is 0 Å². The van der Waals surface area contributed by atoms with E-state index >= 15 is 0 Å². The van der Waals surface area contributed by atoms with Crippen LogP contribution in [-0.2, 0) is 0 Å². The number of hydrogen-bond donors (Lipinski definition) is 2. The Morgan fingerprint density at radius 2 is 1.19 bits per heavy atom. The van der Waals surface area contributed by atoms with E-state index in [-0.39, 0.29) is 9.75 Å². The van der Waals surface area contributed by atoms with Gasteiger partial charge < -0.3 is 19.7 Å². The SMILES string of the molecule is COc1cccc(-c2c(C(=O)O)sc(C(=O)O)c2-c2cccc(OC)c2)c1. The molecule has 1 heterocycles. The molecular formula is C20H16O6S. The van der Waals surface area contributed by atoms with Crippen molar-refractivity contribution in [3.63, 3.8) is 0 Å². The van der Waals surface area contributed by atoms with Crippen LogP contribution in [0.2, 0.25) is 0 Å². The smallest absolute Gasteiger partial charge is 0.346 e. The molecule has 0 spiro atoms. The number of thiophene rings is 1. The van der Waals surface area contributed by atoms with Gasteiger partial charge in [0.2, 0.25) is 0 Å². The van der Waals surface area contributed by atoms with E-state index in [1.165, 1.54) is 14.2 Å². The molecule has 0 aliphatic heterocycles. The van der Waals surface area contributed by atoms with Gasteiger partial charge >= 0.3 is 11.9 Å². The van der Waals surface area contributed by atoms with E-state index in [9.17, 15) is 19.8 Å². The lowest BCUT2D eigenvalue weighted by atomic mass is 9.94. The normalized spacial score (nSPS) is 10.4. The molecule has 7 heteroatoms. The number of hydrogen-bond acceptors (Lipinski definition) is 5. The maximum absolute atomic E-state index is 11.9. The molecule has 2 aromatic carbocycles. The van der Waals surface area contributed by atoms with Crippen LogP contribution in [-0.4, -0.2) is 36.4 Å². The lowest BCUT2D eigenvalue weighted by Gasteiger charge is -2.10. The molecule has 0 fully saturated rings. The lowest BCUT2D eigenvalue weighted by molar-refractivity contribution is 0.0694. The van der Waals surface area contributed by atoms with Crippen molar-refractivity contribution in [2.75, 3.05) is 14.2 Å². The zero-order valence-corrected chi connectivity index (χ0v) is 15.4. The molecule has 0 unspecified atom stereocenters. The molecule has 0 amide bonds. The first-order chi connectivity index (χ1) is 13.0. The highest BCUT2D eigenvalue weighted by molar-refractivity contribution is 7.17. The first kappa shape index (κ1) is 18.5. The molecule has 3 aromatic rings. The summed E-state index contributed by atoms with van der Waals surface area (Å²) in [6.45, 7) is 0. The van der Waals surface area contributed by atoms with E-state index in [4.69, 9.17) is 9.47 Å². The fourth-order valence-corrected chi connectivity index (χ4v) is 3.86. The standard InChI is InChI=1S/C20H16O6S/c1-25-13-7-3-5-11(9-13)15-16(12-6-4-8-14(10-12)26-2)18(20(23)24)27-17(15)19(21)22/h3-10H,1-2H3,(H,21,22)(H,23,24). The van der Waals surface area contributed by atoms with Gasteiger partial charge in [-0.3, -0.25) is 0 Å². The molecule has 0 atom stereocenters. The Bertz CT molecular complexity index is 941. The third-order valence-electron chi connectivity index (χ3n) is 4.01. The minimum absolute atomic E-state index is 0.0431. The summed E-state index contributed by atoms with van der Waals surface area (Å²) in [7, 11) is 3.02.